The number of likely N-dealkylation sites (N-methyl/N-ethyl adjacent to an activating group) is 1. The summed E-state index contributed by atoms with van der Waals surface area (Å²) in [6.45, 7) is 2.87. The van der Waals surface area contributed by atoms with E-state index >= 15 is 0 Å². The molecule has 0 aliphatic rings. The lowest BCUT2D eigenvalue weighted by atomic mass is 9.99. The van der Waals surface area contributed by atoms with Crippen molar-refractivity contribution in [2.45, 2.75) is 12.8 Å². The Morgan fingerprint density at radius 3 is 3.00 bits per heavy atom. The number of nitrogens with zero attached hydrogens (tertiary/aromatic N) is 1. The molecular weight excluding hydrogens is 202 g/mol. The maximum Gasteiger partial charge on any atom is 0.104 e. The number of aliphatic hydroxyl groups is 1. The van der Waals surface area contributed by atoms with Gasteiger partial charge in [-0.2, -0.15) is 0 Å². The first-order valence-electron chi connectivity index (χ1n) is 5.46. The van der Waals surface area contributed by atoms with Crippen molar-refractivity contribution in [1.82, 2.24) is 15.3 Å². The van der Waals surface area contributed by atoms with Crippen LogP contribution >= 0.6 is 0 Å². The molecule has 0 amide bonds. The van der Waals surface area contributed by atoms with Crippen molar-refractivity contribution in [3.05, 3.63) is 29.6 Å². The molecule has 0 saturated carbocycles. The average Bonchev–Trinajstić information content (AvgIpc) is 2.64. The Morgan fingerprint density at radius 1 is 1.50 bits per heavy atom. The third-order valence-corrected chi connectivity index (χ3v) is 2.77. The van der Waals surface area contributed by atoms with E-state index in [1.54, 1.807) is 0 Å². The van der Waals surface area contributed by atoms with E-state index in [0.717, 1.165) is 29.0 Å². The Labute approximate surface area is 94.7 Å². The number of aromatic nitrogens is 2. The van der Waals surface area contributed by atoms with Gasteiger partial charge in [-0.25, -0.2) is 4.98 Å². The first-order chi connectivity index (χ1) is 7.74. The van der Waals surface area contributed by atoms with E-state index in [0.29, 0.717) is 0 Å². The van der Waals surface area contributed by atoms with E-state index in [-0.39, 0.29) is 12.5 Å². The second kappa shape index (κ2) is 4.63. The largest absolute Gasteiger partial charge is 0.396 e. The van der Waals surface area contributed by atoms with Gasteiger partial charge in [0.2, 0.25) is 0 Å². The van der Waals surface area contributed by atoms with Crippen molar-refractivity contribution in [3.63, 3.8) is 0 Å². The second-order valence-corrected chi connectivity index (χ2v) is 4.04. The number of aromatic amines is 1. The van der Waals surface area contributed by atoms with Crippen molar-refractivity contribution in [1.29, 1.82) is 0 Å². The Morgan fingerprint density at radius 2 is 2.31 bits per heavy atom. The number of benzene rings is 1. The lowest BCUT2D eigenvalue weighted by Crippen LogP contribution is -2.19. The molecule has 0 radical (unpaired) electrons. The molecule has 1 atom stereocenters. The molecule has 1 unspecified atom stereocenters. The first-order valence-corrected chi connectivity index (χ1v) is 5.46. The summed E-state index contributed by atoms with van der Waals surface area (Å²) in [6.07, 6.45) is 0. The first kappa shape index (κ1) is 11.1. The van der Waals surface area contributed by atoms with Crippen molar-refractivity contribution in [2.24, 2.45) is 0 Å². The topological polar surface area (TPSA) is 60.9 Å². The fraction of sp³-hybridized carbons (Fsp3) is 0.417. The van der Waals surface area contributed by atoms with Crippen LogP contribution in [0.5, 0.6) is 0 Å². The van der Waals surface area contributed by atoms with Crippen LogP contribution in [0.15, 0.2) is 18.2 Å². The third-order valence-electron chi connectivity index (χ3n) is 2.77. The number of hydrogen-bond acceptors (Lipinski definition) is 3. The number of aliphatic hydroxyl groups excluding tert-OH is 1. The number of rotatable bonds is 4. The maximum absolute atomic E-state index is 9.32. The van der Waals surface area contributed by atoms with Crippen LogP contribution in [0.1, 0.15) is 17.3 Å². The van der Waals surface area contributed by atoms with Crippen LogP contribution in [0, 0.1) is 6.92 Å². The maximum atomic E-state index is 9.32. The molecule has 2 aromatic rings. The minimum absolute atomic E-state index is 0.137. The molecule has 0 spiro atoms. The van der Waals surface area contributed by atoms with Crippen LogP contribution in [0.4, 0.5) is 0 Å². The van der Waals surface area contributed by atoms with Gasteiger partial charge < -0.3 is 15.4 Å². The molecule has 0 aliphatic carbocycles. The summed E-state index contributed by atoms with van der Waals surface area (Å²) >= 11 is 0. The average molecular weight is 219 g/mol. The molecule has 16 heavy (non-hydrogen) atoms. The van der Waals surface area contributed by atoms with Crippen LogP contribution < -0.4 is 5.32 Å². The van der Waals surface area contributed by atoms with E-state index < -0.39 is 0 Å². The van der Waals surface area contributed by atoms with Gasteiger partial charge in [-0.1, -0.05) is 6.07 Å². The Kier molecular flexibility index (Phi) is 3.22. The summed E-state index contributed by atoms with van der Waals surface area (Å²) in [5.74, 6) is 1.05. The van der Waals surface area contributed by atoms with Crippen LogP contribution in [0.2, 0.25) is 0 Å². The van der Waals surface area contributed by atoms with Gasteiger partial charge >= 0.3 is 0 Å². The third kappa shape index (κ3) is 2.08. The molecular formula is C12H17N3O. The lowest BCUT2D eigenvalue weighted by Gasteiger charge is -2.13. The zero-order valence-corrected chi connectivity index (χ0v) is 9.62. The van der Waals surface area contributed by atoms with Gasteiger partial charge in [-0.05, 0) is 31.7 Å². The van der Waals surface area contributed by atoms with Gasteiger partial charge in [-0.15, -0.1) is 0 Å². The summed E-state index contributed by atoms with van der Waals surface area (Å²) in [6, 6.07) is 6.08. The summed E-state index contributed by atoms with van der Waals surface area (Å²) in [5.41, 5.74) is 3.14. The van der Waals surface area contributed by atoms with Gasteiger partial charge in [0, 0.05) is 12.5 Å². The zero-order chi connectivity index (χ0) is 11.5. The Bertz CT molecular complexity index is 478. The second-order valence-electron chi connectivity index (χ2n) is 4.04. The van der Waals surface area contributed by atoms with E-state index in [2.05, 4.69) is 21.4 Å². The molecule has 2 rings (SSSR count). The number of H-pyrrole nitrogens is 1. The molecule has 4 heteroatoms. The van der Waals surface area contributed by atoms with Gasteiger partial charge in [0.25, 0.3) is 0 Å². The molecule has 0 aliphatic heterocycles. The molecule has 1 aromatic heterocycles. The summed E-state index contributed by atoms with van der Waals surface area (Å²) < 4.78 is 0. The van der Waals surface area contributed by atoms with Gasteiger partial charge in [0.1, 0.15) is 5.82 Å². The highest BCUT2D eigenvalue weighted by Crippen LogP contribution is 2.19. The summed E-state index contributed by atoms with van der Waals surface area (Å²) in [4.78, 5) is 7.56. The molecule has 1 heterocycles. The normalized spacial score (nSPS) is 13.2. The fourth-order valence-corrected chi connectivity index (χ4v) is 1.94. The fourth-order valence-electron chi connectivity index (χ4n) is 1.94. The summed E-state index contributed by atoms with van der Waals surface area (Å²) in [7, 11) is 1.89. The van der Waals surface area contributed by atoms with Crippen LogP contribution in [0.25, 0.3) is 11.0 Å². The van der Waals surface area contributed by atoms with Crippen molar-refractivity contribution < 1.29 is 5.11 Å². The minimum atomic E-state index is 0.137. The van der Waals surface area contributed by atoms with E-state index in [4.69, 9.17) is 0 Å². The highest BCUT2D eigenvalue weighted by molar-refractivity contribution is 5.76. The van der Waals surface area contributed by atoms with Crippen molar-refractivity contribution in [3.8, 4) is 0 Å². The van der Waals surface area contributed by atoms with E-state index in [1.165, 1.54) is 0 Å². The molecule has 4 nitrogen and oxygen atoms in total. The standard InChI is InChI=1S/C12H17N3O/c1-8-14-11-4-3-9(5-12(11)15-8)10(7-16)6-13-2/h3-5,10,13,16H,6-7H2,1-2H3,(H,14,15). The Balaban J connectivity index is 2.36. The molecule has 3 N–H and O–H groups in total. The highest BCUT2D eigenvalue weighted by Gasteiger charge is 2.10. The smallest absolute Gasteiger partial charge is 0.104 e. The number of nitrogens with one attached hydrogen (secondary N) is 2. The molecule has 1 aromatic carbocycles. The number of hydrogen-bond donors (Lipinski definition) is 3. The summed E-state index contributed by atoms with van der Waals surface area (Å²) in [5, 5.41) is 12.4. The minimum Gasteiger partial charge on any atom is -0.396 e. The number of fused-ring (bicyclic) bond motifs is 1. The van der Waals surface area contributed by atoms with Gasteiger partial charge in [-0.3, -0.25) is 0 Å². The van der Waals surface area contributed by atoms with Crippen molar-refractivity contribution >= 4 is 11.0 Å². The van der Waals surface area contributed by atoms with Crippen LogP contribution in [-0.2, 0) is 0 Å². The lowest BCUT2D eigenvalue weighted by molar-refractivity contribution is 0.263. The van der Waals surface area contributed by atoms with Gasteiger partial charge in [0.05, 0.1) is 17.6 Å². The van der Waals surface area contributed by atoms with E-state index in [9.17, 15) is 5.11 Å². The van der Waals surface area contributed by atoms with Crippen molar-refractivity contribution in [2.75, 3.05) is 20.2 Å². The molecule has 86 valence electrons. The Hall–Kier alpha value is -1.39. The molecule has 0 saturated heterocycles. The predicted molar refractivity (Wildman–Crippen MR) is 64.6 cm³/mol. The predicted octanol–water partition coefficient (Wildman–Crippen LogP) is 1.17. The SMILES string of the molecule is CNCC(CO)c1ccc2nc(C)[nH]c2c1. The molecule has 0 bridgehead atoms. The quantitative estimate of drug-likeness (QED) is 0.723. The monoisotopic (exact) mass is 219 g/mol. The highest BCUT2D eigenvalue weighted by atomic mass is 16.3. The number of imidazole rings is 1. The zero-order valence-electron chi connectivity index (χ0n) is 9.62. The van der Waals surface area contributed by atoms with Gasteiger partial charge in [0.15, 0.2) is 0 Å². The van der Waals surface area contributed by atoms with Crippen LogP contribution in [-0.4, -0.2) is 35.3 Å². The van der Waals surface area contributed by atoms with E-state index in [1.807, 2.05) is 26.1 Å². The van der Waals surface area contributed by atoms with Crippen LogP contribution in [0.3, 0.4) is 0 Å². The number of aryl methyl sites for hydroxylation is 1. The molecule has 0 fully saturated rings.